The van der Waals surface area contributed by atoms with Crippen molar-refractivity contribution in [1.82, 2.24) is 0 Å². The van der Waals surface area contributed by atoms with E-state index in [4.69, 9.17) is 4.74 Å². The Morgan fingerprint density at radius 1 is 1.50 bits per heavy atom. The quantitative estimate of drug-likeness (QED) is 0.833. The van der Waals surface area contributed by atoms with E-state index in [0.717, 1.165) is 6.42 Å². The van der Waals surface area contributed by atoms with Gasteiger partial charge in [0.15, 0.2) is 6.10 Å². The first-order valence-electron chi connectivity index (χ1n) is 6.61. The highest BCUT2D eigenvalue weighted by Gasteiger charge is 2.23. The van der Waals surface area contributed by atoms with Crippen LogP contribution in [0.25, 0.3) is 0 Å². The highest BCUT2D eigenvalue weighted by Crippen LogP contribution is 2.32. The molecular formula is C15H18N2O3. The van der Waals surface area contributed by atoms with Gasteiger partial charge in [-0.1, -0.05) is 13.0 Å². The Balaban J connectivity index is 2.16. The summed E-state index contributed by atoms with van der Waals surface area (Å²) in [7, 11) is 0. The molecule has 5 heteroatoms. The van der Waals surface area contributed by atoms with Crippen LogP contribution in [0.15, 0.2) is 29.8 Å². The summed E-state index contributed by atoms with van der Waals surface area (Å²) < 4.78 is 5.45. The molecule has 2 amide bonds. The molecule has 0 fully saturated rings. The van der Waals surface area contributed by atoms with E-state index in [1.54, 1.807) is 32.0 Å². The number of anilines is 2. The van der Waals surface area contributed by atoms with Crippen LogP contribution in [-0.4, -0.2) is 17.9 Å². The fourth-order valence-corrected chi connectivity index (χ4v) is 1.92. The fourth-order valence-electron chi connectivity index (χ4n) is 1.92. The Morgan fingerprint density at radius 3 is 2.95 bits per heavy atom. The number of carbonyl (C=O) groups excluding carboxylic acids is 2. The van der Waals surface area contributed by atoms with Gasteiger partial charge in [-0.05, 0) is 38.5 Å². The minimum absolute atomic E-state index is 0.150. The monoisotopic (exact) mass is 274 g/mol. The standard InChI is InChI=1S/C15H18N2O3/c1-4-5-9(2)14(18)16-11-6-7-13-12(8-11)17-15(19)10(3)20-13/h5-8,10H,4H2,1-3H3,(H,16,18)(H,17,19). The molecule has 1 aliphatic heterocycles. The number of carbonyl (C=O) groups is 2. The molecule has 2 rings (SSSR count). The van der Waals surface area contributed by atoms with Gasteiger partial charge in [-0.15, -0.1) is 0 Å². The van der Waals surface area contributed by atoms with Gasteiger partial charge in [0.25, 0.3) is 11.8 Å². The number of nitrogens with one attached hydrogen (secondary N) is 2. The third kappa shape index (κ3) is 2.99. The van der Waals surface area contributed by atoms with Gasteiger partial charge in [0.2, 0.25) is 0 Å². The molecule has 0 aliphatic carbocycles. The second-order valence-electron chi connectivity index (χ2n) is 4.71. The van der Waals surface area contributed by atoms with Crippen molar-refractivity contribution < 1.29 is 14.3 Å². The molecule has 1 atom stereocenters. The van der Waals surface area contributed by atoms with Crippen LogP contribution in [0.4, 0.5) is 11.4 Å². The Morgan fingerprint density at radius 2 is 2.25 bits per heavy atom. The maximum absolute atomic E-state index is 11.9. The van der Waals surface area contributed by atoms with Crippen LogP contribution in [0.3, 0.4) is 0 Å². The van der Waals surface area contributed by atoms with Gasteiger partial charge >= 0.3 is 0 Å². The summed E-state index contributed by atoms with van der Waals surface area (Å²) in [5.74, 6) is 0.266. The first-order valence-corrected chi connectivity index (χ1v) is 6.61. The number of ether oxygens (including phenoxy) is 1. The summed E-state index contributed by atoms with van der Waals surface area (Å²) in [6, 6.07) is 5.18. The number of amides is 2. The molecule has 20 heavy (non-hydrogen) atoms. The Labute approximate surface area is 118 Å². The maximum atomic E-state index is 11.9. The molecule has 0 spiro atoms. The zero-order valence-electron chi connectivity index (χ0n) is 11.8. The first kappa shape index (κ1) is 14.1. The smallest absolute Gasteiger partial charge is 0.265 e. The number of allylic oxidation sites excluding steroid dienone is 1. The van der Waals surface area contributed by atoms with Gasteiger partial charge in [0.05, 0.1) is 5.69 Å². The van der Waals surface area contributed by atoms with Crippen molar-refractivity contribution in [3.8, 4) is 5.75 Å². The molecule has 0 saturated carbocycles. The molecule has 0 saturated heterocycles. The van der Waals surface area contributed by atoms with Gasteiger partial charge in [-0.2, -0.15) is 0 Å². The van der Waals surface area contributed by atoms with Crippen molar-refractivity contribution in [1.29, 1.82) is 0 Å². The lowest BCUT2D eigenvalue weighted by molar-refractivity contribution is -0.122. The van der Waals surface area contributed by atoms with Gasteiger partial charge in [-0.3, -0.25) is 9.59 Å². The normalized spacial score (nSPS) is 17.9. The molecule has 0 radical (unpaired) electrons. The number of hydrogen-bond acceptors (Lipinski definition) is 3. The van der Waals surface area contributed by atoms with Gasteiger partial charge in [-0.25, -0.2) is 0 Å². The zero-order valence-corrected chi connectivity index (χ0v) is 11.8. The Kier molecular flexibility index (Phi) is 4.08. The Bertz CT molecular complexity index is 578. The summed E-state index contributed by atoms with van der Waals surface area (Å²) in [5.41, 5.74) is 1.86. The van der Waals surface area contributed by atoms with E-state index >= 15 is 0 Å². The lowest BCUT2D eigenvalue weighted by Crippen LogP contribution is -2.34. The lowest BCUT2D eigenvalue weighted by atomic mass is 10.2. The number of rotatable bonds is 3. The van der Waals surface area contributed by atoms with E-state index in [9.17, 15) is 9.59 Å². The summed E-state index contributed by atoms with van der Waals surface area (Å²) >= 11 is 0. The van der Waals surface area contributed by atoms with E-state index in [2.05, 4.69) is 10.6 Å². The minimum Gasteiger partial charge on any atom is -0.479 e. The average molecular weight is 274 g/mol. The van der Waals surface area contributed by atoms with E-state index < -0.39 is 6.10 Å². The predicted octanol–water partition coefficient (Wildman–Crippen LogP) is 2.70. The molecule has 1 heterocycles. The molecule has 1 unspecified atom stereocenters. The average Bonchev–Trinajstić information content (AvgIpc) is 2.40. The second kappa shape index (κ2) is 5.77. The van der Waals surface area contributed by atoms with Crippen LogP contribution in [-0.2, 0) is 9.59 Å². The minimum atomic E-state index is -0.502. The summed E-state index contributed by atoms with van der Waals surface area (Å²) in [6.07, 6.45) is 2.17. The van der Waals surface area contributed by atoms with Gasteiger partial charge in [0.1, 0.15) is 5.75 Å². The van der Waals surface area contributed by atoms with Gasteiger partial charge in [0, 0.05) is 11.3 Å². The van der Waals surface area contributed by atoms with Crippen LogP contribution in [0.5, 0.6) is 5.75 Å². The number of hydrogen-bond donors (Lipinski definition) is 2. The zero-order chi connectivity index (χ0) is 14.7. The van der Waals surface area contributed by atoms with Crippen molar-refractivity contribution in [3.63, 3.8) is 0 Å². The van der Waals surface area contributed by atoms with E-state index in [1.807, 2.05) is 13.0 Å². The molecule has 1 aromatic carbocycles. The fraction of sp³-hybridized carbons (Fsp3) is 0.333. The lowest BCUT2D eigenvalue weighted by Gasteiger charge is -2.23. The SMILES string of the molecule is CCC=C(C)C(=O)Nc1ccc2c(c1)NC(=O)C(C)O2. The van der Waals surface area contributed by atoms with E-state index in [-0.39, 0.29) is 11.8 Å². The van der Waals surface area contributed by atoms with E-state index in [1.165, 1.54) is 0 Å². The van der Waals surface area contributed by atoms with Crippen molar-refractivity contribution in [2.24, 2.45) is 0 Å². The maximum Gasteiger partial charge on any atom is 0.265 e. The first-order chi connectivity index (χ1) is 9.51. The summed E-state index contributed by atoms with van der Waals surface area (Å²) in [5, 5.41) is 5.54. The van der Waals surface area contributed by atoms with Crippen molar-refractivity contribution in [3.05, 3.63) is 29.8 Å². The van der Waals surface area contributed by atoms with Crippen LogP contribution < -0.4 is 15.4 Å². The molecular weight excluding hydrogens is 256 g/mol. The third-order valence-corrected chi connectivity index (χ3v) is 3.04. The molecule has 0 aromatic heterocycles. The molecule has 5 nitrogen and oxygen atoms in total. The summed E-state index contributed by atoms with van der Waals surface area (Å²) in [6.45, 7) is 5.43. The van der Waals surface area contributed by atoms with Crippen molar-refractivity contribution >= 4 is 23.2 Å². The van der Waals surface area contributed by atoms with Crippen LogP contribution >= 0.6 is 0 Å². The van der Waals surface area contributed by atoms with Crippen LogP contribution in [0.1, 0.15) is 27.2 Å². The molecule has 0 bridgehead atoms. The number of benzene rings is 1. The van der Waals surface area contributed by atoms with Crippen LogP contribution in [0.2, 0.25) is 0 Å². The largest absolute Gasteiger partial charge is 0.479 e. The number of fused-ring (bicyclic) bond motifs is 1. The van der Waals surface area contributed by atoms with Crippen molar-refractivity contribution in [2.75, 3.05) is 10.6 Å². The molecule has 1 aromatic rings. The van der Waals surface area contributed by atoms with Crippen molar-refractivity contribution in [2.45, 2.75) is 33.3 Å². The highest BCUT2D eigenvalue weighted by atomic mass is 16.5. The topological polar surface area (TPSA) is 67.4 Å². The Hall–Kier alpha value is -2.30. The second-order valence-corrected chi connectivity index (χ2v) is 4.71. The highest BCUT2D eigenvalue weighted by molar-refractivity contribution is 6.04. The summed E-state index contributed by atoms with van der Waals surface area (Å²) in [4.78, 5) is 23.4. The predicted molar refractivity (Wildman–Crippen MR) is 77.8 cm³/mol. The molecule has 1 aliphatic rings. The third-order valence-electron chi connectivity index (χ3n) is 3.04. The van der Waals surface area contributed by atoms with Gasteiger partial charge < -0.3 is 15.4 Å². The molecule has 106 valence electrons. The van der Waals surface area contributed by atoms with Crippen LogP contribution in [0, 0.1) is 0 Å². The van der Waals surface area contributed by atoms with E-state index in [0.29, 0.717) is 22.7 Å². The molecule has 2 N–H and O–H groups in total.